The van der Waals surface area contributed by atoms with E-state index in [0.29, 0.717) is 0 Å². The van der Waals surface area contributed by atoms with Crippen LogP contribution in [0.15, 0.2) is 97.6 Å². The van der Waals surface area contributed by atoms with Crippen LogP contribution in [0.2, 0.25) is 0 Å². The first-order valence-electron chi connectivity index (χ1n) is 11.4. The van der Waals surface area contributed by atoms with Gasteiger partial charge in [0.25, 0.3) is 0 Å². The molecule has 0 bridgehead atoms. The highest BCUT2D eigenvalue weighted by Gasteiger charge is 2.16. The molecule has 2 heterocycles. The lowest BCUT2D eigenvalue weighted by Gasteiger charge is -2.18. The van der Waals surface area contributed by atoms with Crippen molar-refractivity contribution in [2.75, 3.05) is 0 Å². The molecule has 4 rings (SSSR count). The summed E-state index contributed by atoms with van der Waals surface area (Å²) >= 11 is 0. The summed E-state index contributed by atoms with van der Waals surface area (Å²) in [5, 5.41) is 0. The molecule has 0 spiro atoms. The molecular weight excluding hydrogens is 459 g/mol. The van der Waals surface area contributed by atoms with Gasteiger partial charge in [-0.05, 0) is 33.1 Å². The Morgan fingerprint density at radius 3 is 0.912 bits per heavy atom. The summed E-state index contributed by atoms with van der Waals surface area (Å²) < 4.78 is 4.33. The van der Waals surface area contributed by atoms with Crippen molar-refractivity contribution in [3.05, 3.63) is 109 Å². The van der Waals surface area contributed by atoms with E-state index in [1.165, 1.54) is 33.6 Å². The Bertz CT molecular complexity index is 1080. The maximum atomic E-state index is 2.24. The monoisotopic (exact) mass is 492 g/mol. The van der Waals surface area contributed by atoms with E-state index in [4.69, 9.17) is 0 Å². The molecule has 2 aromatic heterocycles. The number of pyridine rings is 2. The molecule has 4 aromatic rings. The predicted molar refractivity (Wildman–Crippen MR) is 132 cm³/mol. The van der Waals surface area contributed by atoms with E-state index in [0.717, 1.165) is 0 Å². The number of aromatic nitrogens is 2. The van der Waals surface area contributed by atoms with Crippen LogP contribution >= 0.6 is 0 Å². The van der Waals surface area contributed by atoms with Crippen molar-refractivity contribution in [1.82, 2.24) is 0 Å². The molecule has 0 N–H and O–H groups in total. The van der Waals surface area contributed by atoms with Crippen molar-refractivity contribution in [1.29, 1.82) is 0 Å². The molecule has 0 unspecified atom stereocenters. The van der Waals surface area contributed by atoms with Crippen LogP contribution in [-0.4, -0.2) is 0 Å². The molecule has 0 aliphatic heterocycles. The molecule has 4 heteroatoms. The third kappa shape index (κ3) is 6.25. The van der Waals surface area contributed by atoms with Gasteiger partial charge in [-0.25, -0.2) is 0 Å². The Morgan fingerprint density at radius 2 is 0.676 bits per heavy atom. The first kappa shape index (κ1) is 27.6. The zero-order chi connectivity index (χ0) is 22.9. The summed E-state index contributed by atoms with van der Waals surface area (Å²) in [5.74, 6) is 0. The lowest BCUT2D eigenvalue weighted by Crippen LogP contribution is -3.00. The van der Waals surface area contributed by atoms with E-state index in [-0.39, 0.29) is 35.6 Å². The molecule has 0 atom stereocenters. The van der Waals surface area contributed by atoms with Crippen LogP contribution in [-0.2, 0) is 10.8 Å². The van der Waals surface area contributed by atoms with Gasteiger partial charge < -0.3 is 24.8 Å². The smallest absolute Gasteiger partial charge is 0.210 e. The normalized spacial score (nSPS) is 11.4. The number of hydrogen-bond acceptors (Lipinski definition) is 0. The van der Waals surface area contributed by atoms with Crippen LogP contribution in [0.3, 0.4) is 0 Å². The number of halogens is 2. The summed E-state index contributed by atoms with van der Waals surface area (Å²) in [6.07, 6.45) is 8.53. The fourth-order valence-corrected chi connectivity index (χ4v) is 3.85. The molecule has 178 valence electrons. The maximum absolute atomic E-state index is 2.24. The van der Waals surface area contributed by atoms with Gasteiger partial charge in [0.05, 0.1) is 0 Å². The van der Waals surface area contributed by atoms with Gasteiger partial charge >= 0.3 is 0 Å². The molecule has 0 radical (unpaired) electrons. The highest BCUT2D eigenvalue weighted by molar-refractivity contribution is 5.61. The molecule has 0 amide bonds. The molecule has 0 aliphatic rings. The number of benzene rings is 2. The van der Waals surface area contributed by atoms with Crippen molar-refractivity contribution in [3.8, 4) is 22.5 Å². The summed E-state index contributed by atoms with van der Waals surface area (Å²) in [5.41, 5.74) is 7.82. The van der Waals surface area contributed by atoms with Gasteiger partial charge in [-0.15, -0.1) is 0 Å². The van der Waals surface area contributed by atoms with E-state index in [1.54, 1.807) is 0 Å². The molecule has 0 saturated heterocycles. The third-order valence-electron chi connectivity index (χ3n) is 6.06. The largest absolute Gasteiger partial charge is 1.00 e. The van der Waals surface area contributed by atoms with E-state index in [9.17, 15) is 0 Å². The lowest BCUT2D eigenvalue weighted by atomic mass is 9.87. The third-order valence-corrected chi connectivity index (χ3v) is 6.06. The summed E-state index contributed by atoms with van der Waals surface area (Å²) in [6, 6.07) is 26.4. The van der Waals surface area contributed by atoms with Crippen molar-refractivity contribution in [2.24, 2.45) is 0 Å². The zero-order valence-electron chi connectivity index (χ0n) is 20.9. The quantitative estimate of drug-likeness (QED) is 0.368. The van der Waals surface area contributed by atoms with Crippen LogP contribution < -0.4 is 33.9 Å². The average Bonchev–Trinajstić information content (AvgIpc) is 2.78. The van der Waals surface area contributed by atoms with Crippen LogP contribution in [0, 0.1) is 0 Å². The minimum atomic E-state index is 0. The predicted octanol–water partition coefficient (Wildman–Crippen LogP) is 0.510. The van der Waals surface area contributed by atoms with Gasteiger partial charge in [0, 0.05) is 48.5 Å². The van der Waals surface area contributed by atoms with Gasteiger partial charge in [-0.3, -0.25) is 0 Å². The van der Waals surface area contributed by atoms with E-state index >= 15 is 0 Å². The first-order valence-corrected chi connectivity index (χ1v) is 11.4. The highest BCUT2D eigenvalue weighted by Crippen LogP contribution is 2.23. The Balaban J connectivity index is 0.00000204. The second-order valence-corrected chi connectivity index (χ2v) is 10.6. The Morgan fingerprint density at radius 1 is 0.412 bits per heavy atom. The fraction of sp³-hybridized carbons (Fsp3) is 0.267. The van der Waals surface area contributed by atoms with Gasteiger partial charge in [0.15, 0.2) is 24.8 Å². The van der Waals surface area contributed by atoms with E-state index in [2.05, 4.69) is 148 Å². The zero-order valence-corrected chi connectivity index (χ0v) is 22.4. The minimum absolute atomic E-state index is 0. The standard InChI is InChI=1S/C30H34N2.2ClH/c1-29(2,3)25-7-11-27(12-8-25)31-19-15-23(16-20-31)24-17-21-32(22-18-24)28-13-9-26(10-14-28)30(4,5)6;;/h7-22H,1-6H3;2*1H/q+2;;/p-2. The summed E-state index contributed by atoms with van der Waals surface area (Å²) in [6.45, 7) is 13.5. The average molecular weight is 494 g/mol. The SMILES string of the molecule is CC(C)(C)c1ccc(-[n+]2ccc(-c3cc[n+](-c4ccc(C(C)(C)C)cc4)cc3)cc2)cc1.[Cl-].[Cl-]. The van der Waals surface area contributed by atoms with Crippen LogP contribution in [0.4, 0.5) is 0 Å². The van der Waals surface area contributed by atoms with Crippen molar-refractivity contribution >= 4 is 0 Å². The molecule has 34 heavy (non-hydrogen) atoms. The number of nitrogens with zero attached hydrogens (tertiary/aromatic N) is 2. The molecule has 2 aromatic carbocycles. The Labute approximate surface area is 217 Å². The van der Waals surface area contributed by atoms with Gasteiger partial charge in [0.2, 0.25) is 11.4 Å². The molecular formula is C30H34Cl2N2. The molecule has 0 fully saturated rings. The second-order valence-electron chi connectivity index (χ2n) is 10.6. The van der Waals surface area contributed by atoms with Crippen molar-refractivity contribution in [3.63, 3.8) is 0 Å². The molecule has 0 saturated carbocycles. The Hall–Kier alpha value is -2.68. The van der Waals surface area contributed by atoms with Crippen molar-refractivity contribution in [2.45, 2.75) is 52.4 Å². The summed E-state index contributed by atoms with van der Waals surface area (Å²) in [4.78, 5) is 0. The topological polar surface area (TPSA) is 7.76 Å². The van der Waals surface area contributed by atoms with Gasteiger partial charge in [0.1, 0.15) is 0 Å². The minimum Gasteiger partial charge on any atom is -1.00 e. The van der Waals surface area contributed by atoms with Gasteiger partial charge in [-0.2, -0.15) is 9.13 Å². The summed E-state index contributed by atoms with van der Waals surface area (Å²) in [7, 11) is 0. The fourth-order valence-electron chi connectivity index (χ4n) is 3.85. The number of rotatable bonds is 3. The van der Waals surface area contributed by atoms with Crippen LogP contribution in [0.25, 0.3) is 22.5 Å². The molecule has 2 nitrogen and oxygen atoms in total. The number of hydrogen-bond donors (Lipinski definition) is 0. The lowest BCUT2D eigenvalue weighted by molar-refractivity contribution is -0.596. The highest BCUT2D eigenvalue weighted by atomic mass is 35.5. The Kier molecular flexibility index (Phi) is 8.69. The van der Waals surface area contributed by atoms with Crippen LogP contribution in [0.5, 0.6) is 0 Å². The van der Waals surface area contributed by atoms with Gasteiger partial charge in [-0.1, -0.05) is 65.8 Å². The van der Waals surface area contributed by atoms with E-state index in [1.807, 2.05) is 0 Å². The first-order chi connectivity index (χ1) is 15.1. The van der Waals surface area contributed by atoms with Crippen molar-refractivity contribution < 1.29 is 33.9 Å². The second kappa shape index (κ2) is 10.7. The maximum Gasteiger partial charge on any atom is 0.210 e. The molecule has 0 aliphatic carbocycles. The van der Waals surface area contributed by atoms with Crippen LogP contribution in [0.1, 0.15) is 52.7 Å². The van der Waals surface area contributed by atoms with E-state index < -0.39 is 0 Å².